The molecule has 32 heavy (non-hydrogen) atoms. The summed E-state index contributed by atoms with van der Waals surface area (Å²) in [7, 11) is 0. The molecule has 0 saturated carbocycles. The van der Waals surface area contributed by atoms with Crippen LogP contribution in [0.25, 0.3) is 11.2 Å². The Morgan fingerprint density at radius 1 is 1.25 bits per heavy atom. The van der Waals surface area contributed by atoms with Crippen LogP contribution in [0.3, 0.4) is 0 Å². The summed E-state index contributed by atoms with van der Waals surface area (Å²) in [4.78, 5) is 24.3. The number of rotatable bonds is 5. The van der Waals surface area contributed by atoms with Crippen molar-refractivity contribution in [2.75, 3.05) is 12.3 Å². The van der Waals surface area contributed by atoms with Crippen LogP contribution in [0.15, 0.2) is 41.4 Å². The van der Waals surface area contributed by atoms with Crippen molar-refractivity contribution < 1.29 is 30.0 Å². The minimum Gasteiger partial charge on any atom is -0.504 e. The molecule has 1 saturated heterocycles. The molecule has 1 fully saturated rings. The Hall–Kier alpha value is -3.26. The number of aromatic hydroxyl groups is 2. The molecule has 0 spiro atoms. The summed E-state index contributed by atoms with van der Waals surface area (Å²) in [6, 6.07) is 2.63. The zero-order valence-electron chi connectivity index (χ0n) is 16.3. The smallest absolute Gasteiger partial charge is 0.255 e. The highest BCUT2D eigenvalue weighted by Gasteiger charge is 2.43. The number of hydrogen-bond acceptors (Lipinski definition) is 10. The van der Waals surface area contributed by atoms with E-state index in [1.807, 2.05) is 0 Å². The van der Waals surface area contributed by atoms with E-state index in [2.05, 4.69) is 36.2 Å². The highest BCUT2D eigenvalue weighted by Crippen LogP contribution is 2.33. The molecule has 1 aliphatic rings. The quantitative estimate of drug-likeness (QED) is 0.205. The van der Waals surface area contributed by atoms with Gasteiger partial charge in [0.1, 0.15) is 30.2 Å². The lowest BCUT2D eigenvalue weighted by atomic mass is 10.1. The van der Waals surface area contributed by atoms with E-state index in [0.717, 1.165) is 0 Å². The first-order valence-corrected chi connectivity index (χ1v) is 10.2. The molecule has 168 valence electrons. The molecule has 13 heteroatoms. The monoisotopic (exact) mass is 506 g/mol. The minimum absolute atomic E-state index is 0.0383. The maximum absolute atomic E-state index is 12.3. The van der Waals surface area contributed by atoms with E-state index >= 15 is 0 Å². The van der Waals surface area contributed by atoms with Gasteiger partial charge in [-0.2, -0.15) is 0 Å². The average molecular weight is 507 g/mol. The number of nitrogens with zero attached hydrogens (tertiary/aromatic N) is 4. The van der Waals surface area contributed by atoms with E-state index < -0.39 is 41.9 Å². The van der Waals surface area contributed by atoms with Crippen molar-refractivity contribution in [3.05, 3.63) is 47.0 Å². The van der Waals surface area contributed by atoms with Crippen molar-refractivity contribution in [2.24, 2.45) is 0 Å². The zero-order chi connectivity index (χ0) is 23.0. The molecule has 1 amide bonds. The van der Waals surface area contributed by atoms with Crippen LogP contribution in [0.4, 0.5) is 5.82 Å². The number of amides is 1. The Bertz CT molecular complexity index is 1200. The molecule has 4 atom stereocenters. The molecule has 0 bridgehead atoms. The zero-order valence-corrected chi connectivity index (χ0v) is 17.9. The van der Waals surface area contributed by atoms with E-state index in [-0.39, 0.29) is 17.9 Å². The number of nitrogens with one attached hydrogen (secondary N) is 1. The van der Waals surface area contributed by atoms with E-state index in [0.29, 0.717) is 15.6 Å². The van der Waals surface area contributed by atoms with Gasteiger partial charge in [0.15, 0.2) is 29.2 Å². The standard InChI is InChI=1S/C19H19BrN6O6/c20-8-4-9(13(28)10(27)5-8)18(31)22-3-1-2-11-14(29)15(30)19(32-11)26-7-25-12-16(21)23-6-24-17(12)26/h1-2,4-7,11,14-15,19,27-30H,3H2,(H,22,31)(H2,21,23,24)/t11-,14+,15?,19-/m1/s1. The number of carbonyl (C=O) groups excluding carboxylic acids is 1. The largest absolute Gasteiger partial charge is 0.504 e. The van der Waals surface area contributed by atoms with Gasteiger partial charge in [0, 0.05) is 11.0 Å². The van der Waals surface area contributed by atoms with Crippen LogP contribution >= 0.6 is 15.9 Å². The molecule has 1 unspecified atom stereocenters. The Morgan fingerprint density at radius 3 is 2.81 bits per heavy atom. The third kappa shape index (κ3) is 3.98. The molecule has 12 nitrogen and oxygen atoms in total. The van der Waals surface area contributed by atoms with E-state index in [4.69, 9.17) is 10.5 Å². The first-order valence-electron chi connectivity index (χ1n) is 9.39. The lowest BCUT2D eigenvalue weighted by Crippen LogP contribution is -2.31. The van der Waals surface area contributed by atoms with Crippen molar-refractivity contribution >= 4 is 38.8 Å². The molecular weight excluding hydrogens is 488 g/mol. The topological polar surface area (TPSA) is 189 Å². The summed E-state index contributed by atoms with van der Waals surface area (Å²) in [5, 5.41) is 42.8. The summed E-state index contributed by atoms with van der Waals surface area (Å²) < 4.78 is 7.65. The summed E-state index contributed by atoms with van der Waals surface area (Å²) >= 11 is 3.14. The molecule has 7 N–H and O–H groups in total. The average Bonchev–Trinajstić information content (AvgIpc) is 3.30. The van der Waals surface area contributed by atoms with Gasteiger partial charge in [-0.15, -0.1) is 0 Å². The predicted octanol–water partition coefficient (Wildman–Crippen LogP) is 0.188. The van der Waals surface area contributed by atoms with Crippen LogP contribution in [-0.2, 0) is 4.74 Å². The highest BCUT2D eigenvalue weighted by molar-refractivity contribution is 9.10. The van der Waals surface area contributed by atoms with Gasteiger partial charge >= 0.3 is 0 Å². The van der Waals surface area contributed by atoms with E-state index in [9.17, 15) is 25.2 Å². The number of phenolic OH excluding ortho intramolecular Hbond substituents is 2. The predicted molar refractivity (Wildman–Crippen MR) is 115 cm³/mol. The number of aromatic nitrogens is 4. The fourth-order valence-corrected chi connectivity index (χ4v) is 3.78. The molecule has 4 rings (SSSR count). The summed E-state index contributed by atoms with van der Waals surface area (Å²) in [6.07, 6.45) is 1.33. The second-order valence-corrected chi connectivity index (χ2v) is 7.93. The van der Waals surface area contributed by atoms with Gasteiger partial charge in [0.05, 0.1) is 11.9 Å². The van der Waals surface area contributed by atoms with Crippen LogP contribution in [0.5, 0.6) is 11.5 Å². The number of fused-ring (bicyclic) bond motifs is 1. The lowest BCUT2D eigenvalue weighted by Gasteiger charge is -2.16. The van der Waals surface area contributed by atoms with Gasteiger partial charge in [-0.1, -0.05) is 28.1 Å². The van der Waals surface area contributed by atoms with Gasteiger partial charge in [-0.05, 0) is 12.1 Å². The second-order valence-electron chi connectivity index (χ2n) is 7.01. The third-order valence-electron chi connectivity index (χ3n) is 4.94. The molecule has 0 aliphatic carbocycles. The number of halogens is 1. The number of nitrogens with two attached hydrogens (primary N) is 1. The molecule has 3 heterocycles. The maximum Gasteiger partial charge on any atom is 0.255 e. The number of carbonyl (C=O) groups is 1. The SMILES string of the molecule is Nc1ncnc2c1ncn2[C@@H]1O[C@H](C=CCNC(=O)c2cc(Br)cc(O)c2O)[C@H](O)C1O. The van der Waals surface area contributed by atoms with Crippen molar-refractivity contribution in [3.8, 4) is 11.5 Å². The number of phenols is 2. The number of aliphatic hydroxyl groups is 2. The van der Waals surface area contributed by atoms with Crippen LogP contribution in [0.2, 0.25) is 0 Å². The lowest BCUT2D eigenvalue weighted by molar-refractivity contribution is -0.0245. The fourth-order valence-electron chi connectivity index (χ4n) is 3.34. The first kappa shape index (κ1) is 22.0. The molecule has 1 aromatic carbocycles. The van der Waals surface area contributed by atoms with Crippen molar-refractivity contribution in [1.29, 1.82) is 0 Å². The Kier molecular flexibility index (Phi) is 5.97. The van der Waals surface area contributed by atoms with Crippen molar-refractivity contribution in [1.82, 2.24) is 24.8 Å². The normalized spacial score (nSPS) is 23.2. The summed E-state index contributed by atoms with van der Waals surface area (Å²) in [6.45, 7) is 0.0383. The van der Waals surface area contributed by atoms with E-state index in [1.165, 1.54) is 41.5 Å². The van der Waals surface area contributed by atoms with Crippen LogP contribution in [-0.4, -0.2) is 70.7 Å². The molecule has 2 aromatic heterocycles. The summed E-state index contributed by atoms with van der Waals surface area (Å²) in [5.41, 5.74) is 6.37. The number of anilines is 1. The molecular formula is C19H19BrN6O6. The van der Waals surface area contributed by atoms with Crippen molar-refractivity contribution in [3.63, 3.8) is 0 Å². The van der Waals surface area contributed by atoms with Gasteiger partial charge in [0.25, 0.3) is 5.91 Å². The van der Waals surface area contributed by atoms with Gasteiger partial charge in [-0.25, -0.2) is 15.0 Å². The third-order valence-corrected chi connectivity index (χ3v) is 5.40. The van der Waals surface area contributed by atoms with Gasteiger partial charge < -0.3 is 36.2 Å². The number of nitrogen functional groups attached to an aromatic ring is 1. The molecule has 1 aliphatic heterocycles. The minimum atomic E-state index is -1.27. The Morgan fingerprint density at radius 2 is 2.03 bits per heavy atom. The number of imidazole rings is 1. The van der Waals surface area contributed by atoms with Gasteiger partial charge in [-0.3, -0.25) is 9.36 Å². The highest BCUT2D eigenvalue weighted by atomic mass is 79.9. The number of hydrogen-bond donors (Lipinski definition) is 6. The number of aliphatic hydroxyl groups excluding tert-OH is 2. The van der Waals surface area contributed by atoms with E-state index in [1.54, 1.807) is 0 Å². The molecule has 0 radical (unpaired) electrons. The van der Waals surface area contributed by atoms with Crippen LogP contribution < -0.4 is 11.1 Å². The maximum atomic E-state index is 12.3. The summed E-state index contributed by atoms with van der Waals surface area (Å²) in [5.74, 6) is -1.40. The molecule has 3 aromatic rings. The number of benzene rings is 1. The van der Waals surface area contributed by atoms with Crippen LogP contribution in [0.1, 0.15) is 16.6 Å². The first-order chi connectivity index (χ1) is 15.3. The van der Waals surface area contributed by atoms with Gasteiger partial charge in [0.2, 0.25) is 0 Å². The Labute approximate surface area is 189 Å². The number of ether oxygens (including phenoxy) is 1. The fraction of sp³-hybridized carbons (Fsp3) is 0.263. The van der Waals surface area contributed by atoms with Crippen molar-refractivity contribution in [2.45, 2.75) is 24.5 Å². The van der Waals surface area contributed by atoms with Crippen LogP contribution in [0, 0.1) is 0 Å². The second kappa shape index (κ2) is 8.70. The Balaban J connectivity index is 1.42.